The maximum atomic E-state index is 10.7. The fourth-order valence-corrected chi connectivity index (χ4v) is 1.90. The highest BCUT2D eigenvalue weighted by Gasteiger charge is 2.10. The van der Waals surface area contributed by atoms with Crippen molar-refractivity contribution >= 4 is 15.6 Å². The Kier molecular flexibility index (Phi) is 13.7. The smallest absolute Gasteiger partial charge is 0.272 e. The minimum atomic E-state index is -5.64. The van der Waals surface area contributed by atoms with Crippen LogP contribution in [-0.4, -0.2) is 19.8 Å². The first-order chi connectivity index (χ1) is 7.16. The third-order valence-corrected chi connectivity index (χ3v) is 3.16. The minimum Gasteiger partial charge on any atom is -0.790 e. The van der Waals surface area contributed by atoms with Crippen LogP contribution in [0.3, 0.4) is 0 Å². The summed E-state index contributed by atoms with van der Waals surface area (Å²) in [7, 11) is -10.8. The molecule has 0 heterocycles. The molecule has 0 aliphatic carbocycles. The molecular weight excluding hydrogens is 292 g/mol. The number of phosphoric acid groups is 2. The Morgan fingerprint density at radius 3 is 2.22 bits per heavy atom. The van der Waals surface area contributed by atoms with Gasteiger partial charge in [0.15, 0.2) is 0 Å². The van der Waals surface area contributed by atoms with Crippen molar-refractivity contribution in [3.8, 4) is 0 Å². The van der Waals surface area contributed by atoms with Crippen LogP contribution < -0.4 is 33.1 Å². The lowest BCUT2D eigenvalue weighted by Crippen LogP contribution is -2.19. The van der Waals surface area contributed by atoms with Crippen molar-refractivity contribution in [1.29, 1.82) is 1.43 Å². The Bertz CT molecular complexity index is 347. The first kappa shape index (κ1) is 23.0. The summed E-state index contributed by atoms with van der Waals surface area (Å²) in [5.74, 6) is 0. The van der Waals surface area contributed by atoms with Gasteiger partial charge < -0.3 is 47.3 Å². The fraction of sp³-hybridized carbons (Fsp3) is 0.600. The van der Waals surface area contributed by atoms with Crippen LogP contribution in [0.15, 0.2) is 11.6 Å². The van der Waals surface area contributed by atoms with E-state index >= 15 is 0 Å². The number of quaternary nitrogens is 3. The minimum absolute atomic E-state index is 0. The zero-order chi connectivity index (χ0) is 12.8. The molecule has 0 fully saturated rings. The van der Waals surface area contributed by atoms with Gasteiger partial charge in [-0.1, -0.05) is 6.08 Å². The topological polar surface area (TPSA) is 252 Å². The molecule has 114 valence electrons. The molecule has 0 spiro atoms. The highest BCUT2D eigenvalue weighted by atomic mass is 31.3. The van der Waals surface area contributed by atoms with Crippen molar-refractivity contribution in [1.82, 2.24) is 18.5 Å². The van der Waals surface area contributed by atoms with Crippen LogP contribution in [0.1, 0.15) is 6.92 Å². The second-order valence-corrected chi connectivity index (χ2v) is 5.17. The van der Waals surface area contributed by atoms with Gasteiger partial charge in [-0.2, -0.15) is 0 Å². The molecule has 0 saturated carbocycles. The molecule has 0 aromatic rings. The maximum Gasteiger partial charge on any atom is 0.272 e. The number of hydrogen-bond acceptors (Lipinski definition) is 8. The van der Waals surface area contributed by atoms with E-state index in [1.54, 1.807) is 0 Å². The molecule has 0 aliphatic rings. The molecule has 0 aromatic heterocycles. The van der Waals surface area contributed by atoms with Crippen LogP contribution >= 0.6 is 15.6 Å². The standard InChI is InChI=1S/C5H12O8P2.3H3N/c1-5(4-6)2-3-12-15(10,11)13-14(7,8)9;;;/h2,6H,3-4H2,1H3,(H,10,11)(H2,7,8,9);3*1H3/b5-2+;;;/i6T;;;. The number of aliphatic hydroxyl groups is 1. The van der Waals surface area contributed by atoms with Crippen LogP contribution in [0.5, 0.6) is 0 Å². The van der Waals surface area contributed by atoms with Crippen molar-refractivity contribution in [2.45, 2.75) is 6.92 Å². The van der Waals surface area contributed by atoms with Crippen LogP contribution in [0.2, 0.25) is 0 Å². The third-order valence-electron chi connectivity index (χ3n) is 1.09. The van der Waals surface area contributed by atoms with Gasteiger partial charge in [0.2, 0.25) is 1.43 Å². The lowest BCUT2D eigenvalue weighted by atomic mass is 10.3. The van der Waals surface area contributed by atoms with Gasteiger partial charge in [0.25, 0.3) is 7.82 Å². The van der Waals surface area contributed by atoms with Gasteiger partial charge >= 0.3 is 0 Å². The van der Waals surface area contributed by atoms with Gasteiger partial charge in [0, 0.05) is 0 Å². The summed E-state index contributed by atoms with van der Waals surface area (Å²) in [6.07, 6.45) is 1.23. The molecule has 13 N–H and O–H groups in total. The Morgan fingerprint density at radius 1 is 1.33 bits per heavy atom. The highest BCUT2D eigenvalue weighted by molar-refractivity contribution is 7.58. The van der Waals surface area contributed by atoms with E-state index in [2.05, 4.69) is 13.9 Å². The van der Waals surface area contributed by atoms with E-state index in [1.165, 1.54) is 13.0 Å². The Labute approximate surface area is 106 Å². The van der Waals surface area contributed by atoms with Crippen molar-refractivity contribution in [2.24, 2.45) is 0 Å². The number of rotatable bonds is 7. The molecule has 1 unspecified atom stereocenters. The largest absolute Gasteiger partial charge is 0.790 e. The zero-order valence-corrected chi connectivity index (χ0v) is 12.4. The van der Waals surface area contributed by atoms with Crippen LogP contribution in [-0.2, 0) is 18.0 Å². The molecule has 0 bridgehead atoms. The van der Waals surface area contributed by atoms with E-state index in [0.717, 1.165) is 0 Å². The van der Waals surface area contributed by atoms with E-state index < -0.39 is 22.3 Å². The molecular formula is C5H21N3O8P2. The second-order valence-electron chi connectivity index (χ2n) is 2.47. The van der Waals surface area contributed by atoms with Gasteiger partial charge in [-0.15, -0.1) is 0 Å². The molecule has 18 heavy (non-hydrogen) atoms. The first-order valence-corrected chi connectivity index (χ1v) is 6.51. The first-order valence-electron chi connectivity index (χ1n) is 4.00. The Balaban J connectivity index is -0.000000375. The van der Waals surface area contributed by atoms with E-state index in [4.69, 9.17) is 1.43 Å². The van der Waals surface area contributed by atoms with Gasteiger partial charge in [-0.05, 0) is 12.5 Å². The third kappa shape index (κ3) is 15.8. The predicted octanol–water partition coefficient (Wildman–Crippen LogP) is -0.616. The molecule has 0 radical (unpaired) electrons. The predicted molar refractivity (Wildman–Crippen MR) is 61.0 cm³/mol. The summed E-state index contributed by atoms with van der Waals surface area (Å²) in [4.78, 5) is 30.7. The summed E-state index contributed by atoms with van der Waals surface area (Å²) >= 11 is 0. The summed E-state index contributed by atoms with van der Waals surface area (Å²) < 4.78 is 34.3. The van der Waals surface area contributed by atoms with Gasteiger partial charge in [-0.25, -0.2) is 0 Å². The van der Waals surface area contributed by atoms with Crippen LogP contribution in [0.4, 0.5) is 0 Å². The monoisotopic (exact) mass is 315 g/mol. The lowest BCUT2D eigenvalue weighted by Gasteiger charge is -2.34. The Hall–Kier alpha value is -0.160. The van der Waals surface area contributed by atoms with Crippen LogP contribution in [0.25, 0.3) is 0 Å². The summed E-state index contributed by atoms with van der Waals surface area (Å²) in [5.41, 5.74) is 0.488. The van der Waals surface area contributed by atoms with Gasteiger partial charge in [-0.3, -0.25) is 8.88 Å². The second kappa shape index (κ2) is 10.7. The van der Waals surface area contributed by atoms with Crippen LogP contribution in [0, 0.1) is 0 Å². The number of aliphatic hydroxyl groups excluding tert-OH is 1. The number of phosphoric ester groups is 1. The molecule has 0 saturated heterocycles. The van der Waals surface area contributed by atoms with E-state index in [-0.39, 0.29) is 25.1 Å². The van der Waals surface area contributed by atoms with Crippen molar-refractivity contribution < 1.29 is 37.8 Å². The summed E-state index contributed by atoms with van der Waals surface area (Å²) in [6.45, 7) is 0.950. The normalized spacial score (nSPS) is 15.3. The average Bonchev–Trinajstić information content (AvgIpc) is 1.98. The van der Waals surface area contributed by atoms with E-state index in [0.29, 0.717) is 5.57 Å². The molecule has 13 heteroatoms. The zero-order valence-electron chi connectivity index (χ0n) is 11.7. The SMILES string of the molecule is [3H]OC/C(C)=C/COP(=O)([O-])OP(=O)([O-])[O-].[NH4+].[NH4+].[NH4+]. The lowest BCUT2D eigenvalue weighted by molar-refractivity contribution is -0.339. The molecule has 0 rings (SSSR count). The molecule has 0 amide bonds. The summed E-state index contributed by atoms with van der Waals surface area (Å²) in [6, 6.07) is 0. The molecule has 1 atom stereocenters. The summed E-state index contributed by atoms with van der Waals surface area (Å²) in [5, 5.41) is 3.97. The Morgan fingerprint density at radius 2 is 1.83 bits per heavy atom. The van der Waals surface area contributed by atoms with Gasteiger partial charge in [0.1, 0.15) is 0 Å². The highest BCUT2D eigenvalue weighted by Crippen LogP contribution is 2.50. The molecule has 0 aromatic carbocycles. The van der Waals surface area contributed by atoms with Crippen molar-refractivity contribution in [3.63, 3.8) is 0 Å². The average molecular weight is 315 g/mol. The quantitative estimate of drug-likeness (QED) is 0.347. The van der Waals surface area contributed by atoms with Crippen molar-refractivity contribution in [2.75, 3.05) is 13.2 Å². The maximum absolute atomic E-state index is 10.7. The van der Waals surface area contributed by atoms with Crippen molar-refractivity contribution in [3.05, 3.63) is 11.6 Å². The molecule has 0 aliphatic heterocycles. The van der Waals surface area contributed by atoms with E-state index in [9.17, 15) is 23.8 Å². The van der Waals surface area contributed by atoms with E-state index in [1.807, 2.05) is 0 Å². The number of hydrogen-bond donors (Lipinski definition) is 4. The van der Waals surface area contributed by atoms with Gasteiger partial charge in [0.05, 0.1) is 21.0 Å². The molecule has 11 nitrogen and oxygen atoms in total. The fourth-order valence-electron chi connectivity index (χ4n) is 0.476.